The average molecular weight is 461 g/mol. The van der Waals surface area contributed by atoms with Crippen molar-refractivity contribution < 1.29 is 9.72 Å². The van der Waals surface area contributed by atoms with E-state index in [-0.39, 0.29) is 11.6 Å². The first-order chi connectivity index (χ1) is 16.0. The Labute approximate surface area is 194 Å². The Kier molecular flexibility index (Phi) is 6.75. The summed E-state index contributed by atoms with van der Waals surface area (Å²) < 4.78 is 1.96. The minimum absolute atomic E-state index is 0.0348. The van der Waals surface area contributed by atoms with E-state index >= 15 is 0 Å². The van der Waals surface area contributed by atoms with Crippen LogP contribution in [0.25, 0.3) is 11.4 Å². The van der Waals surface area contributed by atoms with Crippen LogP contribution in [0.3, 0.4) is 0 Å². The Morgan fingerprint density at radius 3 is 2.52 bits per heavy atom. The fraction of sp³-hybridized carbons (Fsp3) is 0.130. The number of rotatable bonds is 8. The van der Waals surface area contributed by atoms with Crippen molar-refractivity contribution in [2.24, 2.45) is 0 Å². The molecule has 0 fully saturated rings. The van der Waals surface area contributed by atoms with Crippen molar-refractivity contribution in [3.05, 3.63) is 94.8 Å². The number of aromatic nitrogens is 4. The molecule has 166 valence electrons. The zero-order valence-electron chi connectivity index (χ0n) is 17.7. The minimum Gasteiger partial charge on any atom is -0.325 e. The van der Waals surface area contributed by atoms with E-state index in [0.29, 0.717) is 23.2 Å². The SMILES string of the molecule is C[C@H](Sc1nnc(-c2cccnc2)n1Cc1ccccc1)C(=O)Nc1ccc([N+](=O)[O-])cc1. The van der Waals surface area contributed by atoms with Crippen molar-refractivity contribution in [2.45, 2.75) is 23.9 Å². The van der Waals surface area contributed by atoms with Gasteiger partial charge in [-0.15, -0.1) is 10.2 Å². The Balaban J connectivity index is 1.54. The number of hydrogen-bond donors (Lipinski definition) is 1. The van der Waals surface area contributed by atoms with Crippen LogP contribution in [-0.2, 0) is 11.3 Å². The number of carbonyl (C=O) groups is 1. The summed E-state index contributed by atoms with van der Waals surface area (Å²) in [5.74, 6) is 0.420. The summed E-state index contributed by atoms with van der Waals surface area (Å²) in [4.78, 5) is 27.3. The Bertz CT molecular complexity index is 1250. The van der Waals surface area contributed by atoms with Crippen LogP contribution in [0, 0.1) is 10.1 Å². The van der Waals surface area contributed by atoms with Gasteiger partial charge in [0.05, 0.1) is 16.7 Å². The maximum absolute atomic E-state index is 12.7. The molecular weight excluding hydrogens is 440 g/mol. The molecule has 0 saturated carbocycles. The number of nitro benzene ring substituents is 1. The number of nitrogens with zero attached hydrogens (tertiary/aromatic N) is 5. The number of amides is 1. The number of nitrogens with one attached hydrogen (secondary N) is 1. The van der Waals surface area contributed by atoms with Crippen molar-refractivity contribution in [3.63, 3.8) is 0 Å². The van der Waals surface area contributed by atoms with Gasteiger partial charge >= 0.3 is 0 Å². The molecule has 10 heteroatoms. The highest BCUT2D eigenvalue weighted by molar-refractivity contribution is 8.00. The van der Waals surface area contributed by atoms with E-state index in [4.69, 9.17) is 0 Å². The van der Waals surface area contributed by atoms with Gasteiger partial charge in [0, 0.05) is 35.8 Å². The second-order valence-electron chi connectivity index (χ2n) is 7.17. The molecule has 2 aromatic carbocycles. The topological polar surface area (TPSA) is 116 Å². The van der Waals surface area contributed by atoms with Gasteiger partial charge in [0.2, 0.25) is 5.91 Å². The summed E-state index contributed by atoms with van der Waals surface area (Å²) in [6.45, 7) is 2.31. The quantitative estimate of drug-likeness (QED) is 0.235. The Morgan fingerprint density at radius 1 is 1.09 bits per heavy atom. The lowest BCUT2D eigenvalue weighted by Crippen LogP contribution is -2.23. The van der Waals surface area contributed by atoms with Crippen molar-refractivity contribution in [2.75, 3.05) is 5.32 Å². The molecule has 0 aliphatic rings. The molecule has 0 spiro atoms. The summed E-state index contributed by atoms with van der Waals surface area (Å²) in [5.41, 5.74) is 2.36. The van der Waals surface area contributed by atoms with Crippen LogP contribution < -0.4 is 5.32 Å². The smallest absolute Gasteiger partial charge is 0.269 e. The Morgan fingerprint density at radius 2 is 1.85 bits per heavy atom. The fourth-order valence-corrected chi connectivity index (χ4v) is 3.96. The molecule has 9 nitrogen and oxygen atoms in total. The van der Waals surface area contributed by atoms with E-state index in [1.807, 2.05) is 47.0 Å². The van der Waals surface area contributed by atoms with Crippen molar-refractivity contribution in [1.82, 2.24) is 19.7 Å². The zero-order chi connectivity index (χ0) is 23.2. The summed E-state index contributed by atoms with van der Waals surface area (Å²) in [6.07, 6.45) is 3.42. The summed E-state index contributed by atoms with van der Waals surface area (Å²) >= 11 is 1.29. The van der Waals surface area contributed by atoms with E-state index in [2.05, 4.69) is 20.5 Å². The van der Waals surface area contributed by atoms with Gasteiger partial charge < -0.3 is 5.32 Å². The molecule has 0 radical (unpaired) electrons. The molecule has 0 saturated heterocycles. The van der Waals surface area contributed by atoms with E-state index in [1.165, 1.54) is 36.0 Å². The number of carbonyl (C=O) groups excluding carboxylic acids is 1. The number of hydrogen-bond acceptors (Lipinski definition) is 7. The number of benzene rings is 2. The van der Waals surface area contributed by atoms with E-state index in [1.54, 1.807) is 19.3 Å². The first-order valence-electron chi connectivity index (χ1n) is 10.1. The molecule has 0 aliphatic heterocycles. The van der Waals surface area contributed by atoms with Crippen LogP contribution in [0.4, 0.5) is 11.4 Å². The molecule has 2 heterocycles. The third kappa shape index (κ3) is 5.42. The number of thioether (sulfide) groups is 1. The summed E-state index contributed by atoms with van der Waals surface area (Å²) in [6, 6.07) is 19.4. The monoisotopic (exact) mass is 460 g/mol. The van der Waals surface area contributed by atoms with Gasteiger partial charge in [0.15, 0.2) is 11.0 Å². The van der Waals surface area contributed by atoms with Gasteiger partial charge in [0.1, 0.15) is 0 Å². The predicted molar refractivity (Wildman–Crippen MR) is 126 cm³/mol. The van der Waals surface area contributed by atoms with Crippen LogP contribution in [-0.4, -0.2) is 35.8 Å². The average Bonchev–Trinajstić information content (AvgIpc) is 3.22. The molecule has 33 heavy (non-hydrogen) atoms. The molecule has 0 unspecified atom stereocenters. The van der Waals surface area contributed by atoms with Crippen LogP contribution >= 0.6 is 11.8 Å². The number of nitro groups is 1. The van der Waals surface area contributed by atoms with Gasteiger partial charge in [-0.25, -0.2) is 0 Å². The molecule has 1 amide bonds. The van der Waals surface area contributed by atoms with Gasteiger partial charge in [-0.05, 0) is 36.8 Å². The molecule has 0 aliphatic carbocycles. The largest absolute Gasteiger partial charge is 0.325 e. The maximum atomic E-state index is 12.7. The van der Waals surface area contributed by atoms with E-state index in [9.17, 15) is 14.9 Å². The van der Waals surface area contributed by atoms with Crippen LogP contribution in [0.15, 0.2) is 84.3 Å². The second kappa shape index (κ2) is 10.0. The second-order valence-corrected chi connectivity index (χ2v) is 8.48. The maximum Gasteiger partial charge on any atom is 0.269 e. The molecule has 4 aromatic rings. The molecule has 0 bridgehead atoms. The molecule has 2 aromatic heterocycles. The standard InChI is InChI=1S/C23H20N6O3S/c1-16(22(30)25-19-9-11-20(12-10-19)29(31)32)33-23-27-26-21(18-8-5-13-24-14-18)28(23)15-17-6-3-2-4-7-17/h2-14,16H,15H2,1H3,(H,25,30)/t16-/m0/s1. The third-order valence-corrected chi connectivity index (χ3v) is 5.90. The van der Waals surface area contributed by atoms with Gasteiger partial charge in [-0.2, -0.15) is 0 Å². The molecule has 1 N–H and O–H groups in total. The lowest BCUT2D eigenvalue weighted by Gasteiger charge is -2.14. The highest BCUT2D eigenvalue weighted by Crippen LogP contribution is 2.28. The van der Waals surface area contributed by atoms with Gasteiger partial charge in [-0.3, -0.25) is 24.5 Å². The summed E-state index contributed by atoms with van der Waals surface area (Å²) in [7, 11) is 0. The molecular formula is C23H20N6O3S. The third-order valence-electron chi connectivity index (χ3n) is 4.82. The summed E-state index contributed by atoms with van der Waals surface area (Å²) in [5, 5.41) is 22.4. The Hall–Kier alpha value is -4.05. The number of pyridine rings is 1. The van der Waals surface area contributed by atoms with E-state index < -0.39 is 10.2 Å². The number of anilines is 1. The van der Waals surface area contributed by atoms with Crippen LogP contribution in [0.5, 0.6) is 0 Å². The van der Waals surface area contributed by atoms with Crippen molar-refractivity contribution >= 4 is 29.0 Å². The highest BCUT2D eigenvalue weighted by atomic mass is 32.2. The van der Waals surface area contributed by atoms with Crippen LogP contribution in [0.2, 0.25) is 0 Å². The minimum atomic E-state index is -0.485. The van der Waals surface area contributed by atoms with Gasteiger partial charge in [0.25, 0.3) is 5.69 Å². The first kappa shape index (κ1) is 22.2. The van der Waals surface area contributed by atoms with Gasteiger partial charge in [-0.1, -0.05) is 42.1 Å². The number of non-ortho nitro benzene ring substituents is 1. The lowest BCUT2D eigenvalue weighted by molar-refractivity contribution is -0.384. The highest BCUT2D eigenvalue weighted by Gasteiger charge is 2.21. The van der Waals surface area contributed by atoms with E-state index in [0.717, 1.165) is 11.1 Å². The molecule has 1 atom stereocenters. The fourth-order valence-electron chi connectivity index (χ4n) is 3.11. The normalized spacial score (nSPS) is 11.7. The predicted octanol–water partition coefficient (Wildman–Crippen LogP) is 4.42. The van der Waals surface area contributed by atoms with Crippen molar-refractivity contribution in [1.29, 1.82) is 0 Å². The van der Waals surface area contributed by atoms with Crippen LogP contribution in [0.1, 0.15) is 12.5 Å². The lowest BCUT2D eigenvalue weighted by atomic mass is 10.2. The zero-order valence-corrected chi connectivity index (χ0v) is 18.5. The van der Waals surface area contributed by atoms with Crippen molar-refractivity contribution in [3.8, 4) is 11.4 Å². The molecule has 4 rings (SSSR count). The first-order valence-corrected chi connectivity index (χ1v) is 11.0.